The van der Waals surface area contributed by atoms with E-state index in [2.05, 4.69) is 15.6 Å². The van der Waals surface area contributed by atoms with E-state index in [4.69, 9.17) is 0 Å². The molecule has 4 nitrogen and oxygen atoms in total. The molecule has 23 heavy (non-hydrogen) atoms. The van der Waals surface area contributed by atoms with Crippen molar-refractivity contribution in [2.75, 3.05) is 10.6 Å². The maximum atomic E-state index is 12.8. The highest BCUT2D eigenvalue weighted by molar-refractivity contribution is 7.13. The van der Waals surface area contributed by atoms with Crippen LogP contribution in [-0.4, -0.2) is 11.0 Å². The minimum absolute atomic E-state index is 0.347. The first-order valence-corrected chi connectivity index (χ1v) is 7.85. The molecule has 2 amide bonds. The summed E-state index contributed by atoms with van der Waals surface area (Å²) >= 11 is 1.61. The molecule has 0 atom stereocenters. The summed E-state index contributed by atoms with van der Waals surface area (Å²) in [5, 5.41) is 7.38. The molecule has 0 unspecified atom stereocenters. The van der Waals surface area contributed by atoms with Gasteiger partial charge in [-0.05, 0) is 54.8 Å². The Bertz CT molecular complexity index is 816. The van der Waals surface area contributed by atoms with E-state index in [0.717, 1.165) is 16.3 Å². The van der Waals surface area contributed by atoms with Crippen LogP contribution in [0.4, 0.5) is 20.6 Å². The van der Waals surface area contributed by atoms with E-state index < -0.39 is 6.03 Å². The van der Waals surface area contributed by atoms with Gasteiger partial charge in [0.15, 0.2) is 0 Å². The number of anilines is 2. The lowest BCUT2D eigenvalue weighted by molar-refractivity contribution is 0.262. The predicted molar refractivity (Wildman–Crippen MR) is 91.3 cm³/mol. The number of pyridine rings is 1. The van der Waals surface area contributed by atoms with Crippen LogP contribution in [0.15, 0.2) is 53.9 Å². The Morgan fingerprint density at radius 3 is 2.52 bits per heavy atom. The van der Waals surface area contributed by atoms with Gasteiger partial charge in [-0.25, -0.2) is 9.18 Å². The van der Waals surface area contributed by atoms with Gasteiger partial charge in [-0.15, -0.1) is 11.3 Å². The largest absolute Gasteiger partial charge is 0.323 e. The first-order valence-electron chi connectivity index (χ1n) is 6.97. The summed E-state index contributed by atoms with van der Waals surface area (Å²) in [6.45, 7) is 1.84. The fraction of sp³-hybridized carbons (Fsp3) is 0.0588. The molecule has 0 spiro atoms. The molecule has 0 fully saturated rings. The van der Waals surface area contributed by atoms with E-state index in [9.17, 15) is 9.18 Å². The Labute approximate surface area is 137 Å². The van der Waals surface area contributed by atoms with Crippen LogP contribution in [0.3, 0.4) is 0 Å². The van der Waals surface area contributed by atoms with Crippen molar-refractivity contribution in [3.05, 3.63) is 65.4 Å². The maximum absolute atomic E-state index is 12.8. The number of nitrogens with zero attached hydrogens (tertiary/aromatic N) is 1. The number of amides is 2. The molecule has 2 heterocycles. The molecule has 0 aliphatic carbocycles. The highest BCUT2D eigenvalue weighted by atomic mass is 32.1. The molecule has 6 heteroatoms. The lowest BCUT2D eigenvalue weighted by Crippen LogP contribution is -2.20. The number of rotatable bonds is 3. The smallest absolute Gasteiger partial charge is 0.308 e. The van der Waals surface area contributed by atoms with Crippen LogP contribution in [-0.2, 0) is 0 Å². The Kier molecular flexibility index (Phi) is 4.34. The number of carbonyl (C=O) groups is 1. The summed E-state index contributed by atoms with van der Waals surface area (Å²) in [6.07, 6.45) is 0. The van der Waals surface area contributed by atoms with Gasteiger partial charge in [0.05, 0.1) is 22.0 Å². The Morgan fingerprint density at radius 2 is 1.87 bits per heavy atom. The first kappa shape index (κ1) is 15.2. The van der Waals surface area contributed by atoms with Gasteiger partial charge in [-0.3, -0.25) is 4.98 Å². The molecule has 0 saturated heterocycles. The summed E-state index contributed by atoms with van der Waals surface area (Å²) < 4.78 is 12.8. The minimum atomic E-state index is -0.398. The number of hydrogen-bond acceptors (Lipinski definition) is 3. The SMILES string of the molecule is Cc1nc(-c2cccs2)ccc1NC(=O)Nc1ccc(F)cc1. The van der Waals surface area contributed by atoms with Gasteiger partial charge in [0.25, 0.3) is 0 Å². The van der Waals surface area contributed by atoms with Gasteiger partial charge in [-0.1, -0.05) is 6.07 Å². The fourth-order valence-corrected chi connectivity index (χ4v) is 2.77. The van der Waals surface area contributed by atoms with Crippen LogP contribution in [0.5, 0.6) is 0 Å². The number of carbonyl (C=O) groups excluding carboxylic acids is 1. The standard InChI is InChI=1S/C17H14FN3OS/c1-11-14(8-9-15(19-11)16-3-2-10-23-16)21-17(22)20-13-6-4-12(18)5-7-13/h2-10H,1H3,(H2,20,21,22). The van der Waals surface area contributed by atoms with Crippen LogP contribution in [0.1, 0.15) is 5.69 Å². The van der Waals surface area contributed by atoms with Crippen molar-refractivity contribution in [1.29, 1.82) is 0 Å². The zero-order chi connectivity index (χ0) is 16.2. The van der Waals surface area contributed by atoms with Crippen molar-refractivity contribution in [3.63, 3.8) is 0 Å². The van der Waals surface area contributed by atoms with E-state index in [1.807, 2.05) is 36.6 Å². The second kappa shape index (κ2) is 6.58. The molecule has 0 radical (unpaired) electrons. The van der Waals surface area contributed by atoms with E-state index in [1.165, 1.54) is 24.3 Å². The van der Waals surface area contributed by atoms with E-state index >= 15 is 0 Å². The van der Waals surface area contributed by atoms with Gasteiger partial charge in [-0.2, -0.15) is 0 Å². The average molecular weight is 327 g/mol. The molecule has 116 valence electrons. The van der Waals surface area contributed by atoms with Crippen molar-refractivity contribution in [2.45, 2.75) is 6.92 Å². The van der Waals surface area contributed by atoms with Crippen LogP contribution in [0.2, 0.25) is 0 Å². The molecule has 0 saturated carbocycles. The van der Waals surface area contributed by atoms with Crippen LogP contribution >= 0.6 is 11.3 Å². The molecule has 0 aliphatic heterocycles. The van der Waals surface area contributed by atoms with Gasteiger partial charge in [0.2, 0.25) is 0 Å². The third-order valence-corrected chi connectivity index (χ3v) is 4.10. The Hall–Kier alpha value is -2.73. The number of halogens is 1. The molecule has 3 aromatic rings. The molecule has 0 aliphatic rings. The molecule has 3 rings (SSSR count). The van der Waals surface area contributed by atoms with Crippen LogP contribution < -0.4 is 10.6 Å². The second-order valence-electron chi connectivity index (χ2n) is 4.89. The van der Waals surface area contributed by atoms with E-state index in [0.29, 0.717) is 11.4 Å². The highest BCUT2D eigenvalue weighted by Crippen LogP contribution is 2.25. The number of thiophene rings is 1. The number of urea groups is 1. The lowest BCUT2D eigenvalue weighted by atomic mass is 10.2. The third kappa shape index (κ3) is 3.73. The van der Waals surface area contributed by atoms with Crippen molar-refractivity contribution in [1.82, 2.24) is 4.98 Å². The summed E-state index contributed by atoms with van der Waals surface area (Å²) in [6, 6.07) is 12.8. The number of nitrogens with one attached hydrogen (secondary N) is 2. The lowest BCUT2D eigenvalue weighted by Gasteiger charge is -2.10. The summed E-state index contributed by atoms with van der Waals surface area (Å²) in [4.78, 5) is 17.6. The third-order valence-electron chi connectivity index (χ3n) is 3.21. The normalized spacial score (nSPS) is 10.3. The second-order valence-corrected chi connectivity index (χ2v) is 5.84. The molecular formula is C17H14FN3OS. The fourth-order valence-electron chi connectivity index (χ4n) is 2.07. The predicted octanol–water partition coefficient (Wildman–Crippen LogP) is 4.90. The van der Waals surface area contributed by atoms with Gasteiger partial charge < -0.3 is 10.6 Å². The number of hydrogen-bond donors (Lipinski definition) is 2. The van der Waals surface area contributed by atoms with Crippen LogP contribution in [0.25, 0.3) is 10.6 Å². The number of benzene rings is 1. The van der Waals surface area contributed by atoms with Crippen LogP contribution in [0, 0.1) is 12.7 Å². The van der Waals surface area contributed by atoms with Gasteiger partial charge >= 0.3 is 6.03 Å². The van der Waals surface area contributed by atoms with Gasteiger partial charge in [0, 0.05) is 5.69 Å². The molecule has 0 bridgehead atoms. The van der Waals surface area contributed by atoms with Crippen molar-refractivity contribution >= 4 is 28.7 Å². The number of aryl methyl sites for hydroxylation is 1. The Morgan fingerprint density at radius 1 is 1.09 bits per heavy atom. The van der Waals surface area contributed by atoms with Crippen molar-refractivity contribution in [2.24, 2.45) is 0 Å². The topological polar surface area (TPSA) is 54.0 Å². The molecule has 2 N–H and O–H groups in total. The van der Waals surface area contributed by atoms with Gasteiger partial charge in [0.1, 0.15) is 5.82 Å². The van der Waals surface area contributed by atoms with E-state index in [-0.39, 0.29) is 5.82 Å². The zero-order valence-corrected chi connectivity index (χ0v) is 13.2. The molecule has 2 aromatic heterocycles. The quantitative estimate of drug-likeness (QED) is 0.719. The maximum Gasteiger partial charge on any atom is 0.323 e. The summed E-state index contributed by atoms with van der Waals surface area (Å²) in [5.74, 6) is -0.347. The summed E-state index contributed by atoms with van der Waals surface area (Å²) in [7, 11) is 0. The monoisotopic (exact) mass is 327 g/mol. The summed E-state index contributed by atoms with van der Waals surface area (Å²) in [5.41, 5.74) is 2.75. The average Bonchev–Trinajstić information content (AvgIpc) is 3.06. The first-order chi connectivity index (χ1) is 11.1. The van der Waals surface area contributed by atoms with E-state index in [1.54, 1.807) is 11.3 Å². The number of aromatic nitrogens is 1. The molecule has 1 aromatic carbocycles. The highest BCUT2D eigenvalue weighted by Gasteiger charge is 2.08. The molecular weight excluding hydrogens is 313 g/mol. The van der Waals surface area contributed by atoms with Crippen molar-refractivity contribution < 1.29 is 9.18 Å². The zero-order valence-electron chi connectivity index (χ0n) is 12.3. The Balaban J connectivity index is 1.70. The van der Waals surface area contributed by atoms with Crippen molar-refractivity contribution in [3.8, 4) is 10.6 Å². The minimum Gasteiger partial charge on any atom is -0.308 e.